The van der Waals surface area contributed by atoms with Crippen LogP contribution in [0.5, 0.6) is 0 Å². The monoisotopic (exact) mass is 533 g/mol. The molecule has 194 valence electrons. The molecule has 0 aliphatic carbocycles. The SMILES string of the molecule is CC(C)(C1CCN(C(=O)c2ncc(C(F)(F)F)cc2C#N)CC1)S(=O)(=O)c1cccc(C(F)(F)F)c1. The van der Waals surface area contributed by atoms with Crippen molar-refractivity contribution in [3.63, 3.8) is 0 Å². The molecule has 6 nitrogen and oxygen atoms in total. The van der Waals surface area contributed by atoms with Gasteiger partial charge in [-0.3, -0.25) is 4.79 Å². The third-order valence-electron chi connectivity index (χ3n) is 6.47. The largest absolute Gasteiger partial charge is 0.417 e. The normalized spacial score (nSPS) is 16.0. The summed E-state index contributed by atoms with van der Waals surface area (Å²) in [4.78, 5) is 17.2. The number of pyridine rings is 1. The number of hydrogen-bond donors (Lipinski definition) is 0. The molecule has 0 bridgehead atoms. The van der Waals surface area contributed by atoms with Crippen molar-refractivity contribution >= 4 is 15.7 Å². The van der Waals surface area contributed by atoms with E-state index in [2.05, 4.69) is 4.98 Å². The second-order valence-corrected chi connectivity index (χ2v) is 11.5. The lowest BCUT2D eigenvalue weighted by Gasteiger charge is -2.40. The Hall–Kier alpha value is -3.14. The van der Waals surface area contributed by atoms with Crippen LogP contribution < -0.4 is 0 Å². The quantitative estimate of drug-likeness (QED) is 0.511. The Labute approximate surface area is 203 Å². The molecule has 0 saturated carbocycles. The Balaban J connectivity index is 1.79. The predicted molar refractivity (Wildman–Crippen MR) is 115 cm³/mol. The van der Waals surface area contributed by atoms with Crippen LogP contribution in [0.4, 0.5) is 26.3 Å². The van der Waals surface area contributed by atoms with Gasteiger partial charge in [-0.05, 0) is 56.9 Å². The molecule has 0 radical (unpaired) electrons. The van der Waals surface area contributed by atoms with Crippen LogP contribution in [0.1, 0.15) is 53.9 Å². The summed E-state index contributed by atoms with van der Waals surface area (Å²) in [5.74, 6) is -1.30. The highest BCUT2D eigenvalue weighted by atomic mass is 32.2. The van der Waals surface area contributed by atoms with E-state index in [0.717, 1.165) is 18.2 Å². The Morgan fingerprint density at radius 1 is 1.03 bits per heavy atom. The second kappa shape index (κ2) is 9.38. The number of amides is 1. The summed E-state index contributed by atoms with van der Waals surface area (Å²) in [6.45, 7) is 2.88. The topological polar surface area (TPSA) is 91.1 Å². The lowest BCUT2D eigenvalue weighted by atomic mass is 9.85. The van der Waals surface area contributed by atoms with E-state index in [1.807, 2.05) is 0 Å². The molecular formula is C23H21F6N3O3S. The molecule has 1 aliphatic rings. The molecule has 0 unspecified atom stereocenters. The minimum absolute atomic E-state index is 0.0264. The van der Waals surface area contributed by atoms with Gasteiger partial charge in [0, 0.05) is 19.3 Å². The molecular weight excluding hydrogens is 512 g/mol. The molecule has 1 saturated heterocycles. The molecule has 3 rings (SSSR count). The van der Waals surface area contributed by atoms with Crippen LogP contribution in [-0.4, -0.2) is 42.0 Å². The second-order valence-electron chi connectivity index (χ2n) is 8.93. The van der Waals surface area contributed by atoms with Crippen molar-refractivity contribution in [3.8, 4) is 6.07 Å². The predicted octanol–water partition coefficient (Wildman–Crippen LogP) is 5.10. The van der Waals surface area contributed by atoms with Crippen LogP contribution in [0.15, 0.2) is 41.4 Å². The maximum Gasteiger partial charge on any atom is 0.417 e. The summed E-state index contributed by atoms with van der Waals surface area (Å²) in [5.41, 5.74) is -3.24. The Morgan fingerprint density at radius 2 is 1.61 bits per heavy atom. The fourth-order valence-electron chi connectivity index (χ4n) is 4.17. The summed E-state index contributed by atoms with van der Waals surface area (Å²) < 4.78 is 103. The number of halogens is 6. The van der Waals surface area contributed by atoms with E-state index in [9.17, 15) is 44.8 Å². The summed E-state index contributed by atoms with van der Waals surface area (Å²) in [7, 11) is -4.21. The van der Waals surface area contributed by atoms with Crippen molar-refractivity contribution in [2.45, 2.75) is 48.7 Å². The molecule has 1 aromatic heterocycles. The number of nitriles is 1. The Kier molecular flexibility index (Phi) is 7.16. The zero-order valence-electron chi connectivity index (χ0n) is 19.1. The minimum Gasteiger partial charge on any atom is -0.337 e. The molecule has 1 amide bonds. The summed E-state index contributed by atoms with van der Waals surface area (Å²) in [6.07, 6.45) is -8.66. The number of aromatic nitrogens is 1. The minimum atomic E-state index is -4.74. The first kappa shape index (κ1) is 27.4. The van der Waals surface area contributed by atoms with Gasteiger partial charge in [0.05, 0.1) is 26.3 Å². The third kappa shape index (κ3) is 5.18. The molecule has 0 spiro atoms. The summed E-state index contributed by atoms with van der Waals surface area (Å²) in [6, 6.07) is 5.58. The van der Waals surface area contributed by atoms with Crippen molar-refractivity contribution in [3.05, 3.63) is 58.9 Å². The van der Waals surface area contributed by atoms with Gasteiger partial charge in [0.15, 0.2) is 9.84 Å². The van der Waals surface area contributed by atoms with Crippen LogP contribution in [0.25, 0.3) is 0 Å². The van der Waals surface area contributed by atoms with Crippen molar-refractivity contribution in [2.75, 3.05) is 13.1 Å². The maximum absolute atomic E-state index is 13.3. The highest BCUT2D eigenvalue weighted by Crippen LogP contribution is 2.40. The number of sulfone groups is 1. The number of likely N-dealkylation sites (tertiary alicyclic amines) is 1. The van der Waals surface area contributed by atoms with Crippen molar-refractivity contribution in [1.29, 1.82) is 5.26 Å². The first-order valence-electron chi connectivity index (χ1n) is 10.7. The van der Waals surface area contributed by atoms with E-state index in [1.165, 1.54) is 18.7 Å². The lowest BCUT2D eigenvalue weighted by molar-refractivity contribution is -0.138. The lowest BCUT2D eigenvalue weighted by Crippen LogP contribution is -2.48. The number of carbonyl (C=O) groups is 1. The number of alkyl halides is 6. The van der Waals surface area contributed by atoms with Gasteiger partial charge in [0.2, 0.25) is 0 Å². The van der Waals surface area contributed by atoms with Gasteiger partial charge in [0.1, 0.15) is 11.8 Å². The van der Waals surface area contributed by atoms with E-state index in [0.29, 0.717) is 18.3 Å². The van der Waals surface area contributed by atoms with E-state index in [1.54, 1.807) is 6.07 Å². The first-order chi connectivity index (χ1) is 16.5. The van der Waals surface area contributed by atoms with Gasteiger partial charge >= 0.3 is 12.4 Å². The molecule has 1 aliphatic heterocycles. The highest BCUT2D eigenvalue weighted by Gasteiger charge is 2.45. The maximum atomic E-state index is 13.3. The molecule has 2 aromatic rings. The van der Waals surface area contributed by atoms with Gasteiger partial charge in [0.25, 0.3) is 5.91 Å². The van der Waals surface area contributed by atoms with Crippen LogP contribution >= 0.6 is 0 Å². The van der Waals surface area contributed by atoms with Crippen LogP contribution in [-0.2, 0) is 22.2 Å². The van der Waals surface area contributed by atoms with Crippen molar-refractivity contribution < 1.29 is 39.6 Å². The number of piperidine rings is 1. The van der Waals surface area contributed by atoms with Crippen molar-refractivity contribution in [1.82, 2.24) is 9.88 Å². The van der Waals surface area contributed by atoms with Gasteiger partial charge < -0.3 is 4.90 Å². The van der Waals surface area contributed by atoms with Gasteiger partial charge in [-0.15, -0.1) is 0 Å². The van der Waals surface area contributed by atoms with Crippen molar-refractivity contribution in [2.24, 2.45) is 5.92 Å². The molecule has 13 heteroatoms. The Bertz CT molecular complexity index is 1310. The van der Waals surface area contributed by atoms with E-state index in [-0.39, 0.29) is 25.9 Å². The fourth-order valence-corrected chi connectivity index (χ4v) is 5.99. The molecule has 1 aromatic carbocycles. The fraction of sp³-hybridized carbons (Fsp3) is 0.435. The molecule has 0 atom stereocenters. The third-order valence-corrected chi connectivity index (χ3v) is 9.06. The smallest absolute Gasteiger partial charge is 0.337 e. The first-order valence-corrected chi connectivity index (χ1v) is 12.2. The van der Waals surface area contributed by atoms with Gasteiger partial charge in [-0.2, -0.15) is 31.6 Å². The van der Waals surface area contributed by atoms with Crippen LogP contribution in [0, 0.1) is 17.2 Å². The summed E-state index contributed by atoms with van der Waals surface area (Å²) >= 11 is 0. The van der Waals surface area contributed by atoms with Gasteiger partial charge in [-0.1, -0.05) is 6.07 Å². The van der Waals surface area contributed by atoms with Crippen LogP contribution in [0.2, 0.25) is 0 Å². The number of nitrogens with zero attached hydrogens (tertiary/aromatic N) is 3. The molecule has 2 heterocycles. The Morgan fingerprint density at radius 3 is 2.14 bits per heavy atom. The number of carbonyl (C=O) groups excluding carboxylic acids is 1. The zero-order chi connectivity index (χ0) is 27.1. The van der Waals surface area contributed by atoms with Crippen LogP contribution in [0.3, 0.4) is 0 Å². The number of benzene rings is 1. The average Bonchev–Trinajstić information content (AvgIpc) is 2.82. The molecule has 0 N–H and O–H groups in total. The average molecular weight is 533 g/mol. The number of hydrogen-bond acceptors (Lipinski definition) is 5. The van der Waals surface area contributed by atoms with E-state index in [4.69, 9.17) is 0 Å². The van der Waals surface area contributed by atoms with E-state index < -0.39 is 66.0 Å². The molecule has 36 heavy (non-hydrogen) atoms. The van der Waals surface area contributed by atoms with Gasteiger partial charge in [-0.25, -0.2) is 13.4 Å². The molecule has 1 fully saturated rings. The van der Waals surface area contributed by atoms with E-state index >= 15 is 0 Å². The zero-order valence-corrected chi connectivity index (χ0v) is 19.9. The summed E-state index contributed by atoms with van der Waals surface area (Å²) in [5, 5.41) is 9.21. The number of rotatable bonds is 4. The highest BCUT2D eigenvalue weighted by molar-refractivity contribution is 7.92. The standard InChI is InChI=1S/C23H21F6N3O3S/c1-21(2,36(34,35)18-5-3-4-16(11-18)22(24,25)26)15-6-8-32(9-7-15)20(33)19-14(12-30)10-17(13-31-19)23(27,28)29/h3-5,10-11,13,15H,6-9H2,1-2H3.